The Labute approximate surface area is 241 Å². The summed E-state index contributed by atoms with van der Waals surface area (Å²) in [6.07, 6.45) is 0.656. The van der Waals surface area contributed by atoms with Gasteiger partial charge < -0.3 is 24.4 Å². The number of thiazole rings is 1. The number of fused-ring (bicyclic) bond motifs is 2. The second-order valence-corrected chi connectivity index (χ2v) is 11.4. The fraction of sp³-hybridized carbons (Fsp3) is 0.207. The Balaban J connectivity index is 1.57. The van der Waals surface area contributed by atoms with Gasteiger partial charge in [-0.3, -0.25) is 14.5 Å². The van der Waals surface area contributed by atoms with Crippen LogP contribution in [0.4, 0.5) is 5.13 Å². The van der Waals surface area contributed by atoms with Gasteiger partial charge in [-0.1, -0.05) is 11.3 Å². The van der Waals surface area contributed by atoms with Crippen molar-refractivity contribution in [3.63, 3.8) is 0 Å². The van der Waals surface area contributed by atoms with Gasteiger partial charge in [-0.05, 0) is 82.5 Å². The van der Waals surface area contributed by atoms with E-state index in [1.54, 1.807) is 49.6 Å². The van der Waals surface area contributed by atoms with Crippen LogP contribution < -0.4 is 19.1 Å². The highest BCUT2D eigenvalue weighted by Crippen LogP contribution is 2.47. The first-order valence-electron chi connectivity index (χ1n) is 12.3. The minimum Gasteiger partial charge on any atom is -0.507 e. The molecule has 1 aromatic heterocycles. The monoisotopic (exact) mass is 622 g/mol. The fourth-order valence-corrected chi connectivity index (χ4v) is 6.58. The lowest BCUT2D eigenvalue weighted by Gasteiger charge is -2.24. The number of carbonyl (C=O) groups is 2. The number of anilines is 1. The molecule has 2 atom stereocenters. The first-order chi connectivity index (χ1) is 19.2. The summed E-state index contributed by atoms with van der Waals surface area (Å²) in [4.78, 5) is 33.2. The number of aliphatic hydroxyl groups is 1. The summed E-state index contributed by atoms with van der Waals surface area (Å²) in [6.45, 7) is 1.95. The first kappa shape index (κ1) is 26.1. The van der Waals surface area contributed by atoms with E-state index in [1.165, 1.54) is 29.4 Å². The van der Waals surface area contributed by atoms with E-state index in [1.807, 2.05) is 6.92 Å². The summed E-state index contributed by atoms with van der Waals surface area (Å²) in [5.74, 6) is -0.664. The Morgan fingerprint density at radius 3 is 2.67 bits per heavy atom. The maximum absolute atomic E-state index is 13.6. The van der Waals surface area contributed by atoms with Gasteiger partial charge in [0.2, 0.25) is 0 Å². The molecule has 0 bridgehead atoms. The summed E-state index contributed by atoms with van der Waals surface area (Å²) in [5, 5.41) is 22.3. The van der Waals surface area contributed by atoms with Crippen LogP contribution in [0.25, 0.3) is 16.0 Å². The van der Waals surface area contributed by atoms with E-state index in [4.69, 9.17) is 14.2 Å². The number of ether oxygens (including phenoxy) is 3. The molecule has 0 radical (unpaired) electrons. The van der Waals surface area contributed by atoms with Crippen LogP contribution in [-0.4, -0.2) is 47.2 Å². The van der Waals surface area contributed by atoms with Crippen molar-refractivity contribution < 1.29 is 34.0 Å². The maximum atomic E-state index is 13.6. The second kappa shape index (κ2) is 9.83. The van der Waals surface area contributed by atoms with Gasteiger partial charge in [0.05, 0.1) is 40.5 Å². The summed E-state index contributed by atoms with van der Waals surface area (Å²) in [6, 6.07) is 12.6. The Bertz CT molecular complexity index is 1750. The number of hydrogen-bond donors (Lipinski definition) is 2. The number of rotatable bonds is 5. The van der Waals surface area contributed by atoms with E-state index in [2.05, 4.69) is 20.9 Å². The van der Waals surface area contributed by atoms with E-state index in [9.17, 15) is 19.8 Å². The predicted octanol–water partition coefficient (Wildman–Crippen LogP) is 5.73. The minimum absolute atomic E-state index is 0.00236. The average molecular weight is 623 g/mol. The third kappa shape index (κ3) is 4.16. The number of methoxy groups -OCH3 is 2. The normalized spacial score (nSPS) is 19.6. The molecule has 3 aromatic carbocycles. The van der Waals surface area contributed by atoms with Crippen molar-refractivity contribution in [3.05, 3.63) is 75.3 Å². The Hall–Kier alpha value is -4.09. The maximum Gasteiger partial charge on any atom is 0.301 e. The Morgan fingerprint density at radius 2 is 1.93 bits per heavy atom. The number of aromatic hydroxyl groups is 1. The van der Waals surface area contributed by atoms with E-state index in [-0.39, 0.29) is 34.1 Å². The topological polar surface area (TPSA) is 118 Å². The third-order valence-electron chi connectivity index (χ3n) is 6.99. The quantitative estimate of drug-likeness (QED) is 0.164. The number of benzene rings is 3. The summed E-state index contributed by atoms with van der Waals surface area (Å²) < 4.78 is 17.5. The number of phenols is 1. The highest BCUT2D eigenvalue weighted by Gasteiger charge is 2.48. The van der Waals surface area contributed by atoms with Crippen molar-refractivity contribution in [2.24, 2.45) is 0 Å². The number of Topliss-reactive ketones (excluding diaryl/α,β-unsaturated/α-hetero) is 1. The lowest BCUT2D eigenvalue weighted by molar-refractivity contribution is -0.132. The van der Waals surface area contributed by atoms with Gasteiger partial charge in [-0.2, -0.15) is 0 Å². The molecule has 3 heterocycles. The smallest absolute Gasteiger partial charge is 0.301 e. The molecule has 6 rings (SSSR count). The summed E-state index contributed by atoms with van der Waals surface area (Å²) >= 11 is 4.56. The van der Waals surface area contributed by atoms with E-state index < -0.39 is 17.7 Å². The van der Waals surface area contributed by atoms with Crippen LogP contribution in [0.2, 0.25) is 0 Å². The average Bonchev–Trinajstić information content (AvgIpc) is 3.61. The van der Waals surface area contributed by atoms with Crippen molar-refractivity contribution in [1.82, 2.24) is 4.98 Å². The molecule has 0 spiro atoms. The van der Waals surface area contributed by atoms with Gasteiger partial charge in [-0.15, -0.1) is 0 Å². The lowest BCUT2D eigenvalue weighted by Crippen LogP contribution is -2.29. The van der Waals surface area contributed by atoms with Gasteiger partial charge in [-0.25, -0.2) is 4.98 Å². The number of aliphatic hydroxyl groups excluding tert-OH is 1. The van der Waals surface area contributed by atoms with Crippen LogP contribution in [0.15, 0.2) is 58.6 Å². The number of carbonyl (C=O) groups excluding carboxylic acids is 2. The molecule has 0 aliphatic carbocycles. The molecule has 2 aliphatic heterocycles. The van der Waals surface area contributed by atoms with Crippen molar-refractivity contribution in [1.29, 1.82) is 0 Å². The Morgan fingerprint density at radius 1 is 1.12 bits per heavy atom. The lowest BCUT2D eigenvalue weighted by atomic mass is 9.94. The zero-order valence-electron chi connectivity index (χ0n) is 21.6. The molecule has 1 fully saturated rings. The molecular weight excluding hydrogens is 600 g/mol. The van der Waals surface area contributed by atoms with E-state index in [0.717, 1.165) is 16.0 Å². The summed E-state index contributed by atoms with van der Waals surface area (Å²) in [7, 11) is 2.96. The third-order valence-corrected chi connectivity index (χ3v) is 8.61. The number of hydrogen-bond acceptors (Lipinski definition) is 9. The molecule has 1 saturated heterocycles. The van der Waals surface area contributed by atoms with Gasteiger partial charge in [0.25, 0.3) is 5.78 Å². The number of halogens is 1. The van der Waals surface area contributed by atoms with Crippen LogP contribution in [-0.2, 0) is 16.0 Å². The molecule has 2 aliphatic rings. The Kier molecular flexibility index (Phi) is 6.42. The van der Waals surface area contributed by atoms with Crippen molar-refractivity contribution >= 4 is 60.1 Å². The number of phenolic OH excluding ortho intramolecular Hbond substituents is 1. The second-order valence-electron chi connectivity index (χ2n) is 9.51. The molecule has 9 nitrogen and oxygen atoms in total. The highest BCUT2D eigenvalue weighted by atomic mass is 79.9. The van der Waals surface area contributed by atoms with Crippen LogP contribution in [0.3, 0.4) is 0 Å². The van der Waals surface area contributed by atoms with Crippen molar-refractivity contribution in [2.45, 2.75) is 25.5 Å². The molecule has 4 aromatic rings. The van der Waals surface area contributed by atoms with Gasteiger partial charge in [0, 0.05) is 12.0 Å². The standard InChI is InChI=1S/C29H23BrN2O7S/c1-13-8-15-9-14(4-7-20(15)39-13)25(33)23-24(16-10-18(30)26(34)21(11-16)38-3)32(28(36)27(23)35)29-31-19-6-5-17(37-2)12-22(19)40-29/h4-7,9-13,24,33-34H,8H2,1-3H3/b25-23+/t13-,24-/m0/s1. The predicted molar refractivity (Wildman–Crippen MR) is 154 cm³/mol. The van der Waals surface area contributed by atoms with E-state index in [0.29, 0.717) is 33.3 Å². The molecular formula is C29H23BrN2O7S. The van der Waals surface area contributed by atoms with Crippen LogP contribution in [0.1, 0.15) is 29.7 Å². The number of amides is 1. The summed E-state index contributed by atoms with van der Waals surface area (Å²) in [5.41, 5.74) is 2.24. The molecule has 1 amide bonds. The molecule has 0 unspecified atom stereocenters. The largest absolute Gasteiger partial charge is 0.507 e. The van der Waals surface area contributed by atoms with E-state index >= 15 is 0 Å². The molecule has 0 saturated carbocycles. The van der Waals surface area contributed by atoms with Crippen LogP contribution >= 0.6 is 27.3 Å². The number of ketones is 1. The number of nitrogens with zero attached hydrogens (tertiary/aromatic N) is 2. The molecule has 204 valence electrons. The molecule has 40 heavy (non-hydrogen) atoms. The highest BCUT2D eigenvalue weighted by molar-refractivity contribution is 9.10. The molecule has 2 N–H and O–H groups in total. The fourth-order valence-electron chi connectivity index (χ4n) is 5.10. The number of aromatic nitrogens is 1. The zero-order valence-corrected chi connectivity index (χ0v) is 24.0. The zero-order chi connectivity index (χ0) is 28.3. The van der Waals surface area contributed by atoms with Gasteiger partial charge >= 0.3 is 5.91 Å². The van der Waals surface area contributed by atoms with Gasteiger partial charge in [0.1, 0.15) is 23.4 Å². The van der Waals surface area contributed by atoms with Crippen molar-refractivity contribution in [3.8, 4) is 23.0 Å². The van der Waals surface area contributed by atoms with Gasteiger partial charge in [0.15, 0.2) is 16.6 Å². The van der Waals surface area contributed by atoms with Crippen LogP contribution in [0, 0.1) is 0 Å². The SMILES string of the molecule is COc1ccc2nc(N3C(=O)C(=O)/C(=C(/O)c4ccc5c(c4)C[C@H](C)O5)[C@@H]3c3cc(Br)c(O)c(OC)c3)sc2c1. The minimum atomic E-state index is -1.06. The van der Waals surface area contributed by atoms with Crippen LogP contribution in [0.5, 0.6) is 23.0 Å². The molecule has 11 heteroatoms. The van der Waals surface area contributed by atoms with Crippen molar-refractivity contribution in [2.75, 3.05) is 19.1 Å². The first-order valence-corrected chi connectivity index (χ1v) is 13.9.